The summed E-state index contributed by atoms with van der Waals surface area (Å²) in [6, 6.07) is 0. The first-order valence-electron chi connectivity index (χ1n) is 19.3. The second-order valence-electron chi connectivity index (χ2n) is 15.6. The van der Waals surface area contributed by atoms with Crippen LogP contribution in [-0.2, 0) is 14.2 Å². The van der Waals surface area contributed by atoms with Crippen LogP contribution in [0.15, 0.2) is 0 Å². The molecule has 0 aromatic heterocycles. The smallest absolute Gasteiger partial charge is 0.160 e. The van der Waals surface area contributed by atoms with Gasteiger partial charge >= 0.3 is 0 Å². The number of ether oxygens (including phenoxy) is 3. The SMILES string of the molecule is CCCC(C)CC(C)CC(C)CC(C)CCCC(OCC)OC(CCCC(C)CC(C)CC(C)CC(C)CCC)OCC. The normalized spacial score (nSPS) is 19.3. The fourth-order valence-corrected chi connectivity index (χ4v) is 8.15. The monoisotopic (exact) mass is 611 g/mol. The largest absolute Gasteiger partial charge is 0.353 e. The van der Waals surface area contributed by atoms with Crippen molar-refractivity contribution in [2.75, 3.05) is 13.2 Å². The van der Waals surface area contributed by atoms with Gasteiger partial charge in [0.25, 0.3) is 0 Å². The molecular formula is C40H82O3. The van der Waals surface area contributed by atoms with Crippen molar-refractivity contribution >= 4 is 0 Å². The van der Waals surface area contributed by atoms with Crippen LogP contribution in [0.5, 0.6) is 0 Å². The Morgan fingerprint density at radius 3 is 0.907 bits per heavy atom. The molecule has 3 nitrogen and oxygen atoms in total. The molecule has 0 amide bonds. The summed E-state index contributed by atoms with van der Waals surface area (Å²) in [7, 11) is 0. The van der Waals surface area contributed by atoms with E-state index in [1.165, 1.54) is 77.0 Å². The van der Waals surface area contributed by atoms with Gasteiger partial charge in [-0.3, -0.25) is 0 Å². The summed E-state index contributed by atoms with van der Waals surface area (Å²) in [6.07, 6.45) is 20.0. The fourth-order valence-electron chi connectivity index (χ4n) is 8.15. The zero-order chi connectivity index (χ0) is 32.6. The molecule has 0 aliphatic rings. The van der Waals surface area contributed by atoms with E-state index in [0.717, 1.165) is 73.0 Å². The van der Waals surface area contributed by atoms with Crippen LogP contribution < -0.4 is 0 Å². The Balaban J connectivity index is 4.48. The van der Waals surface area contributed by atoms with Gasteiger partial charge in [-0.15, -0.1) is 0 Å². The average Bonchev–Trinajstić information content (AvgIpc) is 2.88. The van der Waals surface area contributed by atoms with E-state index in [9.17, 15) is 0 Å². The van der Waals surface area contributed by atoms with Crippen LogP contribution in [0.3, 0.4) is 0 Å². The Morgan fingerprint density at radius 2 is 0.628 bits per heavy atom. The highest BCUT2D eigenvalue weighted by atomic mass is 16.8. The van der Waals surface area contributed by atoms with Gasteiger partial charge in [-0.25, -0.2) is 0 Å². The van der Waals surface area contributed by atoms with Crippen LogP contribution in [0.2, 0.25) is 0 Å². The lowest BCUT2D eigenvalue weighted by Gasteiger charge is -2.26. The third-order valence-corrected chi connectivity index (χ3v) is 9.67. The first kappa shape index (κ1) is 42.9. The molecule has 43 heavy (non-hydrogen) atoms. The number of hydrogen-bond acceptors (Lipinski definition) is 3. The Morgan fingerprint density at radius 1 is 0.349 bits per heavy atom. The summed E-state index contributed by atoms with van der Waals surface area (Å²) in [5, 5.41) is 0. The summed E-state index contributed by atoms with van der Waals surface area (Å²) in [5.74, 6) is 6.56. The highest BCUT2D eigenvalue weighted by Crippen LogP contribution is 2.29. The maximum absolute atomic E-state index is 6.43. The van der Waals surface area contributed by atoms with Crippen molar-refractivity contribution in [2.45, 2.75) is 198 Å². The average molecular weight is 611 g/mol. The molecule has 10 unspecified atom stereocenters. The second kappa shape index (κ2) is 27.0. The quantitative estimate of drug-likeness (QED) is 0.0757. The summed E-state index contributed by atoms with van der Waals surface area (Å²) in [5.41, 5.74) is 0. The molecular weight excluding hydrogens is 528 g/mol. The lowest BCUT2D eigenvalue weighted by atomic mass is 9.83. The van der Waals surface area contributed by atoms with Crippen molar-refractivity contribution < 1.29 is 14.2 Å². The summed E-state index contributed by atoms with van der Waals surface area (Å²) < 4.78 is 18.5. The lowest BCUT2D eigenvalue weighted by Crippen LogP contribution is -2.27. The molecule has 0 aliphatic heterocycles. The minimum absolute atomic E-state index is 0.153. The van der Waals surface area contributed by atoms with Gasteiger partial charge in [-0.05, 0) is 125 Å². The van der Waals surface area contributed by atoms with E-state index >= 15 is 0 Å². The minimum Gasteiger partial charge on any atom is -0.353 e. The van der Waals surface area contributed by atoms with E-state index in [-0.39, 0.29) is 12.6 Å². The second-order valence-corrected chi connectivity index (χ2v) is 15.6. The van der Waals surface area contributed by atoms with E-state index in [1.807, 2.05) is 0 Å². The van der Waals surface area contributed by atoms with Crippen LogP contribution >= 0.6 is 0 Å². The summed E-state index contributed by atoms with van der Waals surface area (Å²) in [6.45, 7) is 29.8. The maximum atomic E-state index is 6.43. The van der Waals surface area contributed by atoms with Gasteiger partial charge in [-0.1, -0.05) is 108 Å². The Hall–Kier alpha value is -0.120. The van der Waals surface area contributed by atoms with E-state index in [1.54, 1.807) is 0 Å². The van der Waals surface area contributed by atoms with Gasteiger partial charge in [-0.2, -0.15) is 0 Å². The predicted octanol–water partition coefficient (Wildman–Crippen LogP) is 13.1. The molecule has 10 atom stereocenters. The van der Waals surface area contributed by atoms with Crippen molar-refractivity contribution in [1.29, 1.82) is 0 Å². The highest BCUT2D eigenvalue weighted by Gasteiger charge is 2.20. The Kier molecular flexibility index (Phi) is 27.0. The Bertz CT molecular complexity index is 544. The number of hydrogen-bond donors (Lipinski definition) is 0. The topological polar surface area (TPSA) is 27.7 Å². The molecule has 0 saturated heterocycles. The van der Waals surface area contributed by atoms with Gasteiger partial charge in [0, 0.05) is 13.2 Å². The van der Waals surface area contributed by atoms with Crippen LogP contribution in [0.25, 0.3) is 0 Å². The molecule has 0 radical (unpaired) electrons. The molecule has 0 saturated carbocycles. The zero-order valence-corrected chi connectivity index (χ0v) is 31.7. The minimum atomic E-state index is -0.153. The first-order chi connectivity index (χ1) is 20.4. The molecule has 0 aromatic rings. The molecule has 0 heterocycles. The lowest BCUT2D eigenvalue weighted by molar-refractivity contribution is -0.247. The molecule has 0 fully saturated rings. The fraction of sp³-hybridized carbons (Fsp3) is 1.00. The maximum Gasteiger partial charge on any atom is 0.160 e. The van der Waals surface area contributed by atoms with E-state index in [4.69, 9.17) is 14.2 Å². The predicted molar refractivity (Wildman–Crippen MR) is 190 cm³/mol. The molecule has 260 valence electrons. The standard InChI is InChI=1S/C40H82O3/c1-13-19-31(5)25-35(9)29-37(11)27-33(7)21-17-23-39(41-15-3)43-40(42-16-4)24-18-22-34(8)28-38(12)30-36(10)26-32(6)20-14-2/h31-40H,13-30H2,1-12H3. The first-order valence-corrected chi connectivity index (χ1v) is 19.3. The van der Waals surface area contributed by atoms with Gasteiger partial charge in [0.15, 0.2) is 12.6 Å². The third kappa shape index (κ3) is 24.7. The molecule has 0 bridgehead atoms. The van der Waals surface area contributed by atoms with Crippen molar-refractivity contribution in [3.05, 3.63) is 0 Å². The molecule has 3 heteroatoms. The van der Waals surface area contributed by atoms with Crippen molar-refractivity contribution in [3.63, 3.8) is 0 Å². The van der Waals surface area contributed by atoms with Crippen molar-refractivity contribution in [2.24, 2.45) is 47.3 Å². The third-order valence-electron chi connectivity index (χ3n) is 9.67. The highest BCUT2D eigenvalue weighted by molar-refractivity contribution is 4.68. The van der Waals surface area contributed by atoms with Gasteiger partial charge in [0.05, 0.1) is 0 Å². The molecule has 0 N–H and O–H groups in total. The molecule has 0 rings (SSSR count). The summed E-state index contributed by atoms with van der Waals surface area (Å²) in [4.78, 5) is 0. The van der Waals surface area contributed by atoms with E-state index in [2.05, 4.69) is 83.1 Å². The molecule has 0 spiro atoms. The summed E-state index contributed by atoms with van der Waals surface area (Å²) >= 11 is 0. The van der Waals surface area contributed by atoms with Crippen LogP contribution in [-0.4, -0.2) is 25.8 Å². The van der Waals surface area contributed by atoms with Gasteiger partial charge in [0.2, 0.25) is 0 Å². The van der Waals surface area contributed by atoms with Crippen molar-refractivity contribution in [3.8, 4) is 0 Å². The van der Waals surface area contributed by atoms with Gasteiger partial charge in [0.1, 0.15) is 0 Å². The Labute approximate surface area is 272 Å². The van der Waals surface area contributed by atoms with Crippen LogP contribution in [0.1, 0.15) is 186 Å². The van der Waals surface area contributed by atoms with Crippen LogP contribution in [0.4, 0.5) is 0 Å². The molecule has 0 aliphatic carbocycles. The van der Waals surface area contributed by atoms with Crippen molar-refractivity contribution in [1.82, 2.24) is 0 Å². The number of rotatable bonds is 30. The van der Waals surface area contributed by atoms with E-state index in [0.29, 0.717) is 13.2 Å². The van der Waals surface area contributed by atoms with Crippen LogP contribution in [0, 0.1) is 47.3 Å². The van der Waals surface area contributed by atoms with Gasteiger partial charge < -0.3 is 14.2 Å². The van der Waals surface area contributed by atoms with E-state index < -0.39 is 0 Å². The zero-order valence-electron chi connectivity index (χ0n) is 31.7. The molecule has 0 aromatic carbocycles.